The van der Waals surface area contributed by atoms with Crippen LogP contribution in [0.4, 0.5) is 13.2 Å². The molecule has 1 aliphatic carbocycles. The maximum atomic E-state index is 12.9. The Bertz CT molecular complexity index is 576. The lowest BCUT2D eigenvalue weighted by atomic mass is 9.93. The molecule has 0 aromatic heterocycles. The van der Waals surface area contributed by atoms with Gasteiger partial charge in [-0.25, -0.2) is 0 Å². The molecule has 0 amide bonds. The van der Waals surface area contributed by atoms with Gasteiger partial charge in [-0.2, -0.15) is 13.2 Å². The van der Waals surface area contributed by atoms with Crippen LogP contribution in [-0.4, -0.2) is 24.3 Å². The van der Waals surface area contributed by atoms with Crippen LogP contribution in [0, 0.1) is 0 Å². The minimum Gasteiger partial charge on any atom is -0.486 e. The van der Waals surface area contributed by atoms with E-state index >= 15 is 0 Å². The Kier molecular flexibility index (Phi) is 2.64. The molecule has 1 saturated carbocycles. The highest BCUT2D eigenvalue weighted by Gasteiger charge is 2.54. The Balaban J connectivity index is 2.17. The number of halogens is 3. The monoisotopic (exact) mass is 288 g/mol. The number of benzene rings is 1. The molecule has 3 rings (SSSR count). The fraction of sp³-hybridized carbons (Fsp3) is 0.462. The van der Waals surface area contributed by atoms with E-state index in [0.717, 1.165) is 6.07 Å². The summed E-state index contributed by atoms with van der Waals surface area (Å²) in [5.74, 6) is -1.52. The van der Waals surface area contributed by atoms with Crippen LogP contribution < -0.4 is 9.47 Å². The topological polar surface area (TPSA) is 55.8 Å². The van der Waals surface area contributed by atoms with Crippen LogP contribution in [0.25, 0.3) is 0 Å². The minimum atomic E-state index is -4.57. The van der Waals surface area contributed by atoms with Crippen LogP contribution in [0.1, 0.15) is 24.0 Å². The molecule has 2 aliphatic rings. The molecular weight excluding hydrogens is 277 g/mol. The Morgan fingerprint density at radius 1 is 1.15 bits per heavy atom. The fourth-order valence-corrected chi connectivity index (χ4v) is 2.46. The van der Waals surface area contributed by atoms with Crippen LogP contribution in [0.15, 0.2) is 12.1 Å². The molecule has 1 aromatic rings. The zero-order valence-corrected chi connectivity index (χ0v) is 10.3. The molecule has 7 heteroatoms. The van der Waals surface area contributed by atoms with Crippen molar-refractivity contribution in [3.8, 4) is 11.5 Å². The molecule has 4 nitrogen and oxygen atoms in total. The van der Waals surface area contributed by atoms with Crippen molar-refractivity contribution < 1.29 is 32.5 Å². The summed E-state index contributed by atoms with van der Waals surface area (Å²) in [6, 6.07) is 2.06. The van der Waals surface area contributed by atoms with Gasteiger partial charge in [0.05, 0.1) is 5.41 Å². The number of ether oxygens (including phenoxy) is 2. The highest BCUT2D eigenvalue weighted by molar-refractivity contribution is 5.86. The number of aliphatic carboxylic acids is 1. The summed E-state index contributed by atoms with van der Waals surface area (Å²) in [7, 11) is 0. The van der Waals surface area contributed by atoms with E-state index in [4.69, 9.17) is 9.47 Å². The van der Waals surface area contributed by atoms with E-state index in [1.807, 2.05) is 0 Å². The quantitative estimate of drug-likeness (QED) is 0.908. The Labute approximate surface area is 112 Å². The minimum absolute atomic E-state index is 0.0135. The number of carboxylic acid groups (broad SMARTS) is 1. The lowest BCUT2D eigenvalue weighted by Gasteiger charge is -2.26. The molecular formula is C13H11F3O4. The van der Waals surface area contributed by atoms with Crippen molar-refractivity contribution >= 4 is 5.97 Å². The van der Waals surface area contributed by atoms with E-state index in [-0.39, 0.29) is 24.5 Å². The van der Waals surface area contributed by atoms with Gasteiger partial charge in [0.15, 0.2) is 11.5 Å². The number of alkyl halides is 3. The van der Waals surface area contributed by atoms with Gasteiger partial charge >= 0.3 is 12.1 Å². The van der Waals surface area contributed by atoms with Gasteiger partial charge in [-0.15, -0.1) is 0 Å². The molecule has 1 N–H and O–H groups in total. The third kappa shape index (κ3) is 1.80. The van der Waals surface area contributed by atoms with Crippen LogP contribution in [0.2, 0.25) is 0 Å². The summed E-state index contributed by atoms with van der Waals surface area (Å²) in [5, 5.41) is 9.27. The SMILES string of the molecule is O=C(O)C1(c2ccc(C(F)(F)F)c3c2OCCO3)CC1. The average Bonchev–Trinajstić information content (AvgIpc) is 3.17. The first-order valence-corrected chi connectivity index (χ1v) is 6.10. The Hall–Kier alpha value is -1.92. The number of fused-ring (bicyclic) bond motifs is 1. The summed E-state index contributed by atoms with van der Waals surface area (Å²) in [6.45, 7) is 0.122. The first-order chi connectivity index (χ1) is 9.36. The Morgan fingerprint density at radius 3 is 2.25 bits per heavy atom. The number of carboxylic acids is 1. The number of rotatable bonds is 2. The summed E-state index contributed by atoms with van der Waals surface area (Å²) >= 11 is 0. The predicted octanol–water partition coefficient (Wildman–Crippen LogP) is 2.59. The van der Waals surface area contributed by atoms with Gasteiger partial charge in [-0.05, 0) is 18.9 Å². The van der Waals surface area contributed by atoms with E-state index < -0.39 is 28.9 Å². The second kappa shape index (κ2) is 4.04. The maximum Gasteiger partial charge on any atom is 0.420 e. The van der Waals surface area contributed by atoms with E-state index in [1.54, 1.807) is 0 Å². The number of hydrogen-bond donors (Lipinski definition) is 1. The van der Waals surface area contributed by atoms with Crippen molar-refractivity contribution in [3.05, 3.63) is 23.3 Å². The van der Waals surface area contributed by atoms with Gasteiger partial charge in [-0.1, -0.05) is 6.07 Å². The highest BCUT2D eigenvalue weighted by Crippen LogP contribution is 2.56. The van der Waals surface area contributed by atoms with Gasteiger partial charge in [-0.3, -0.25) is 4.79 Å². The third-order valence-electron chi connectivity index (χ3n) is 3.67. The molecule has 0 bridgehead atoms. The van der Waals surface area contributed by atoms with Crippen LogP contribution in [0.3, 0.4) is 0 Å². The van der Waals surface area contributed by atoms with Gasteiger partial charge < -0.3 is 14.6 Å². The molecule has 0 saturated heterocycles. The van der Waals surface area contributed by atoms with Crippen LogP contribution >= 0.6 is 0 Å². The van der Waals surface area contributed by atoms with E-state index in [2.05, 4.69) is 0 Å². The van der Waals surface area contributed by atoms with Crippen molar-refractivity contribution in [2.45, 2.75) is 24.4 Å². The Morgan fingerprint density at radius 2 is 1.75 bits per heavy atom. The highest BCUT2D eigenvalue weighted by atomic mass is 19.4. The molecule has 1 aliphatic heterocycles. The summed E-state index contributed by atoms with van der Waals surface area (Å²) in [5.41, 5.74) is -1.79. The van der Waals surface area contributed by atoms with Crippen molar-refractivity contribution in [1.29, 1.82) is 0 Å². The van der Waals surface area contributed by atoms with Gasteiger partial charge in [0.25, 0.3) is 0 Å². The molecule has 1 aromatic carbocycles. The van der Waals surface area contributed by atoms with Gasteiger partial charge in [0.2, 0.25) is 0 Å². The molecule has 0 unspecified atom stereocenters. The van der Waals surface area contributed by atoms with Crippen LogP contribution in [-0.2, 0) is 16.4 Å². The zero-order chi connectivity index (χ0) is 14.5. The van der Waals surface area contributed by atoms with E-state index in [9.17, 15) is 23.1 Å². The summed E-state index contributed by atoms with van der Waals surface area (Å²) < 4.78 is 49.1. The molecule has 0 spiro atoms. The molecule has 20 heavy (non-hydrogen) atoms. The number of carbonyl (C=O) groups is 1. The lowest BCUT2D eigenvalue weighted by Crippen LogP contribution is -2.25. The predicted molar refractivity (Wildman–Crippen MR) is 61.0 cm³/mol. The lowest BCUT2D eigenvalue weighted by molar-refractivity contribution is -0.140. The molecule has 0 radical (unpaired) electrons. The van der Waals surface area contributed by atoms with Crippen molar-refractivity contribution in [2.24, 2.45) is 0 Å². The largest absolute Gasteiger partial charge is 0.486 e. The zero-order valence-electron chi connectivity index (χ0n) is 10.3. The first kappa shape index (κ1) is 13.1. The molecule has 1 heterocycles. The smallest absolute Gasteiger partial charge is 0.420 e. The van der Waals surface area contributed by atoms with Crippen molar-refractivity contribution in [3.63, 3.8) is 0 Å². The average molecular weight is 288 g/mol. The first-order valence-electron chi connectivity index (χ1n) is 6.10. The molecule has 0 atom stereocenters. The summed E-state index contributed by atoms with van der Waals surface area (Å²) in [6.07, 6.45) is -3.78. The van der Waals surface area contributed by atoms with Crippen LogP contribution in [0.5, 0.6) is 11.5 Å². The standard InChI is InChI=1S/C13H11F3O4/c14-13(15,16)8-2-1-7(12(3-4-12)11(17)18)9-10(8)20-6-5-19-9/h1-2H,3-6H2,(H,17,18). The maximum absolute atomic E-state index is 12.9. The van der Waals surface area contributed by atoms with E-state index in [1.165, 1.54) is 6.07 Å². The second-order valence-electron chi connectivity index (χ2n) is 4.90. The molecule has 108 valence electrons. The number of hydrogen-bond acceptors (Lipinski definition) is 3. The van der Waals surface area contributed by atoms with Gasteiger partial charge in [0.1, 0.15) is 18.8 Å². The van der Waals surface area contributed by atoms with Crippen molar-refractivity contribution in [2.75, 3.05) is 13.2 Å². The van der Waals surface area contributed by atoms with Crippen molar-refractivity contribution in [1.82, 2.24) is 0 Å². The normalized spacial score (nSPS) is 19.6. The third-order valence-corrected chi connectivity index (χ3v) is 3.67. The fourth-order valence-electron chi connectivity index (χ4n) is 2.46. The second-order valence-corrected chi connectivity index (χ2v) is 4.90. The summed E-state index contributed by atoms with van der Waals surface area (Å²) in [4.78, 5) is 11.3. The van der Waals surface area contributed by atoms with E-state index in [0.29, 0.717) is 12.8 Å². The molecule has 1 fully saturated rings. The van der Waals surface area contributed by atoms with Gasteiger partial charge in [0, 0.05) is 5.56 Å².